The third-order valence-electron chi connectivity index (χ3n) is 4.70. The molecule has 35 heavy (non-hydrogen) atoms. The monoisotopic (exact) mass is 516 g/mol. The van der Waals surface area contributed by atoms with E-state index in [4.69, 9.17) is 21.1 Å². The van der Waals surface area contributed by atoms with E-state index >= 15 is 0 Å². The normalized spacial score (nSPS) is 14.5. The Morgan fingerprint density at radius 2 is 1.91 bits per heavy atom. The highest BCUT2D eigenvalue weighted by Gasteiger charge is 2.36. The first-order chi connectivity index (χ1) is 16.7. The molecular formula is C25H25ClN2O6S. The third kappa shape index (κ3) is 6.86. The van der Waals surface area contributed by atoms with Crippen molar-refractivity contribution < 1.29 is 28.7 Å². The van der Waals surface area contributed by atoms with Gasteiger partial charge in [-0.3, -0.25) is 19.3 Å². The summed E-state index contributed by atoms with van der Waals surface area (Å²) in [4.78, 5) is 51.0. The number of nitrogens with zero attached hydrogens (tertiary/aromatic N) is 1. The average Bonchev–Trinajstić information content (AvgIpc) is 3.07. The maximum Gasteiger partial charge on any atom is 0.339 e. The van der Waals surface area contributed by atoms with Crippen LogP contribution in [0.3, 0.4) is 0 Å². The molecule has 3 rings (SSSR count). The Labute approximate surface area is 212 Å². The van der Waals surface area contributed by atoms with Gasteiger partial charge in [-0.1, -0.05) is 43.6 Å². The van der Waals surface area contributed by atoms with Gasteiger partial charge >= 0.3 is 5.97 Å². The molecule has 1 saturated heterocycles. The molecule has 2 aromatic carbocycles. The number of imide groups is 1. The quantitative estimate of drug-likeness (QED) is 0.360. The lowest BCUT2D eigenvalue weighted by atomic mass is 10.1. The number of para-hydroxylation sites is 1. The second-order valence-electron chi connectivity index (χ2n) is 7.97. The number of thioether (sulfide) groups is 1. The van der Waals surface area contributed by atoms with Crippen LogP contribution in [-0.4, -0.2) is 47.7 Å². The van der Waals surface area contributed by atoms with E-state index in [0.717, 1.165) is 16.7 Å². The lowest BCUT2D eigenvalue weighted by Crippen LogP contribution is -2.36. The Kier molecular flexibility index (Phi) is 8.95. The fraction of sp³-hybridized carbons (Fsp3) is 0.280. The third-order valence-corrected chi connectivity index (χ3v) is 5.94. The van der Waals surface area contributed by atoms with Crippen molar-refractivity contribution in [2.24, 2.45) is 5.92 Å². The number of benzene rings is 2. The number of esters is 1. The Morgan fingerprint density at radius 3 is 2.63 bits per heavy atom. The summed E-state index contributed by atoms with van der Waals surface area (Å²) >= 11 is 6.79. The first-order valence-corrected chi connectivity index (χ1v) is 12.1. The van der Waals surface area contributed by atoms with Gasteiger partial charge in [-0.15, -0.1) is 0 Å². The van der Waals surface area contributed by atoms with E-state index in [9.17, 15) is 19.2 Å². The maximum absolute atomic E-state index is 12.9. The maximum atomic E-state index is 12.9. The van der Waals surface area contributed by atoms with Gasteiger partial charge in [-0.25, -0.2) is 4.79 Å². The minimum Gasteiger partial charge on any atom is -0.493 e. The van der Waals surface area contributed by atoms with E-state index in [-0.39, 0.29) is 27.8 Å². The van der Waals surface area contributed by atoms with Crippen molar-refractivity contribution in [3.63, 3.8) is 0 Å². The van der Waals surface area contributed by atoms with Crippen LogP contribution in [0.2, 0.25) is 5.02 Å². The highest BCUT2D eigenvalue weighted by Crippen LogP contribution is 2.34. The minimum atomic E-state index is -0.623. The zero-order chi connectivity index (χ0) is 25.5. The molecule has 0 saturated carbocycles. The lowest BCUT2D eigenvalue weighted by molar-refractivity contribution is -0.127. The van der Waals surface area contributed by atoms with Crippen LogP contribution in [0.5, 0.6) is 5.75 Å². The molecule has 0 spiro atoms. The van der Waals surface area contributed by atoms with E-state index in [2.05, 4.69) is 5.32 Å². The van der Waals surface area contributed by atoms with Crippen molar-refractivity contribution in [3.05, 3.63) is 63.5 Å². The lowest BCUT2D eigenvalue weighted by Gasteiger charge is -2.13. The molecule has 8 nitrogen and oxygen atoms in total. The van der Waals surface area contributed by atoms with Crippen molar-refractivity contribution in [2.45, 2.75) is 20.8 Å². The van der Waals surface area contributed by atoms with E-state index in [1.54, 1.807) is 25.1 Å². The fourth-order valence-corrected chi connectivity index (χ4v) is 4.10. The Hall–Kier alpha value is -3.30. The number of anilines is 1. The number of nitrogens with one attached hydrogen (secondary N) is 1. The predicted molar refractivity (Wildman–Crippen MR) is 135 cm³/mol. The highest BCUT2D eigenvalue weighted by atomic mass is 35.5. The van der Waals surface area contributed by atoms with Crippen LogP contribution in [0.15, 0.2) is 47.4 Å². The molecule has 184 valence electrons. The molecule has 3 amide bonds. The van der Waals surface area contributed by atoms with Crippen molar-refractivity contribution in [1.29, 1.82) is 0 Å². The number of halogens is 1. The van der Waals surface area contributed by atoms with Gasteiger partial charge in [0.1, 0.15) is 12.3 Å². The van der Waals surface area contributed by atoms with Crippen LogP contribution in [0.1, 0.15) is 36.7 Å². The van der Waals surface area contributed by atoms with Gasteiger partial charge < -0.3 is 14.8 Å². The minimum absolute atomic E-state index is 0.0961. The van der Waals surface area contributed by atoms with Crippen molar-refractivity contribution in [3.8, 4) is 5.75 Å². The van der Waals surface area contributed by atoms with E-state index < -0.39 is 29.6 Å². The zero-order valence-corrected chi connectivity index (χ0v) is 21.1. The van der Waals surface area contributed by atoms with Crippen LogP contribution in [0.25, 0.3) is 6.08 Å². The number of carbonyl (C=O) groups excluding carboxylic acids is 4. The molecule has 1 heterocycles. The number of hydrogen-bond donors (Lipinski definition) is 1. The van der Waals surface area contributed by atoms with Crippen LogP contribution in [0.4, 0.5) is 10.5 Å². The number of amides is 3. The molecule has 0 atom stereocenters. The number of ether oxygens (including phenoxy) is 2. The van der Waals surface area contributed by atoms with Gasteiger partial charge in [-0.2, -0.15) is 0 Å². The number of carbonyl (C=O) groups is 4. The van der Waals surface area contributed by atoms with Gasteiger partial charge in [0.2, 0.25) is 5.91 Å². The van der Waals surface area contributed by atoms with Crippen molar-refractivity contribution in [1.82, 2.24) is 4.90 Å². The van der Waals surface area contributed by atoms with Crippen LogP contribution in [-0.2, 0) is 14.3 Å². The molecule has 1 aliphatic heterocycles. The van der Waals surface area contributed by atoms with Crippen LogP contribution >= 0.6 is 23.4 Å². The number of hydrogen-bond acceptors (Lipinski definition) is 7. The molecule has 2 aromatic rings. The second-order valence-corrected chi connectivity index (χ2v) is 9.37. The molecule has 1 fully saturated rings. The summed E-state index contributed by atoms with van der Waals surface area (Å²) in [6, 6.07) is 11.5. The highest BCUT2D eigenvalue weighted by molar-refractivity contribution is 8.18. The first-order valence-electron chi connectivity index (χ1n) is 10.9. The molecule has 0 radical (unpaired) electrons. The SMILES string of the molecule is CCOC(=O)c1cc(NC(=O)CN2C(=O)S/C(=C/c3ccccc3OCC(C)C)C2=O)ccc1Cl. The zero-order valence-electron chi connectivity index (χ0n) is 19.5. The Balaban J connectivity index is 1.70. The Morgan fingerprint density at radius 1 is 1.17 bits per heavy atom. The second kappa shape index (κ2) is 11.9. The number of rotatable bonds is 9. The molecule has 0 aromatic heterocycles. The summed E-state index contributed by atoms with van der Waals surface area (Å²) in [6.45, 7) is 5.92. The standard InChI is InChI=1S/C25H25ClN2O6S/c1-4-33-24(31)18-12-17(9-10-19(18)26)27-22(29)13-28-23(30)21(35-25(28)32)11-16-7-5-6-8-20(16)34-14-15(2)3/h5-12,15H,4,13-14H2,1-3H3,(H,27,29)/b21-11+. The molecule has 10 heteroatoms. The van der Waals surface area contributed by atoms with Crippen molar-refractivity contribution in [2.75, 3.05) is 25.1 Å². The van der Waals surface area contributed by atoms with Crippen LogP contribution < -0.4 is 10.1 Å². The summed E-state index contributed by atoms with van der Waals surface area (Å²) in [6.07, 6.45) is 1.59. The van der Waals surface area contributed by atoms with Gasteiger partial charge in [-0.05, 0) is 54.9 Å². The Bertz CT molecular complexity index is 1180. The van der Waals surface area contributed by atoms with Crippen LogP contribution in [0, 0.1) is 5.92 Å². The smallest absolute Gasteiger partial charge is 0.339 e. The predicted octanol–water partition coefficient (Wildman–Crippen LogP) is 5.23. The molecule has 0 bridgehead atoms. The molecule has 1 N–H and O–H groups in total. The summed E-state index contributed by atoms with van der Waals surface area (Å²) in [5.74, 6) is -0.875. The summed E-state index contributed by atoms with van der Waals surface area (Å²) < 4.78 is 10.8. The average molecular weight is 517 g/mol. The molecule has 1 aliphatic rings. The molecule has 0 aliphatic carbocycles. The van der Waals surface area contributed by atoms with Gasteiger partial charge in [0.15, 0.2) is 0 Å². The fourth-order valence-electron chi connectivity index (χ4n) is 3.08. The van der Waals surface area contributed by atoms with Gasteiger partial charge in [0, 0.05) is 11.3 Å². The van der Waals surface area contributed by atoms with E-state index in [1.165, 1.54) is 18.2 Å². The summed E-state index contributed by atoms with van der Waals surface area (Å²) in [5, 5.41) is 2.20. The summed E-state index contributed by atoms with van der Waals surface area (Å²) in [5.41, 5.74) is 1.04. The van der Waals surface area contributed by atoms with E-state index in [1.807, 2.05) is 26.0 Å². The van der Waals surface area contributed by atoms with Crippen molar-refractivity contribution >= 4 is 58.1 Å². The largest absolute Gasteiger partial charge is 0.493 e. The van der Waals surface area contributed by atoms with Gasteiger partial charge in [0.25, 0.3) is 11.1 Å². The van der Waals surface area contributed by atoms with Gasteiger partial charge in [0.05, 0.1) is 28.7 Å². The molecule has 0 unspecified atom stereocenters. The van der Waals surface area contributed by atoms with E-state index in [0.29, 0.717) is 23.8 Å². The topological polar surface area (TPSA) is 102 Å². The molecular weight excluding hydrogens is 492 g/mol. The first kappa shape index (κ1) is 26.3. The summed E-state index contributed by atoms with van der Waals surface area (Å²) in [7, 11) is 0.